The molecule has 0 amide bonds. The Kier molecular flexibility index (Phi) is 6.14. The van der Waals surface area contributed by atoms with E-state index >= 15 is 0 Å². The molecular formula is C43H27N3. The fourth-order valence-electron chi connectivity index (χ4n) is 6.52. The molecule has 3 heteroatoms. The number of nitrogens with zero attached hydrogens (tertiary/aromatic N) is 3. The maximum Gasteiger partial charge on any atom is 0.164 e. The lowest BCUT2D eigenvalue weighted by atomic mass is 9.96. The van der Waals surface area contributed by atoms with Gasteiger partial charge in [0.05, 0.1) is 0 Å². The number of hydrogen-bond donors (Lipinski definition) is 0. The molecule has 0 saturated heterocycles. The molecule has 0 aliphatic carbocycles. The van der Waals surface area contributed by atoms with Gasteiger partial charge in [-0.05, 0) is 78.5 Å². The number of fused-ring (bicyclic) bond motifs is 5. The zero-order valence-electron chi connectivity index (χ0n) is 24.9. The van der Waals surface area contributed by atoms with Crippen molar-refractivity contribution >= 4 is 43.1 Å². The second-order valence-electron chi connectivity index (χ2n) is 11.7. The van der Waals surface area contributed by atoms with Gasteiger partial charge in [-0.1, -0.05) is 140 Å². The third-order valence-electron chi connectivity index (χ3n) is 8.86. The van der Waals surface area contributed by atoms with Crippen LogP contribution in [0.3, 0.4) is 0 Å². The van der Waals surface area contributed by atoms with E-state index in [0.29, 0.717) is 17.5 Å². The molecule has 0 spiro atoms. The SMILES string of the molecule is c1ccc(-c2ccc3cc(-c4nc(-c5ccc6ccccc6c5)nc(-c5cc6ccccc6c6ccccc56)n4)ccc3c2)cc1. The van der Waals surface area contributed by atoms with E-state index in [2.05, 4.69) is 158 Å². The molecule has 0 N–H and O–H groups in total. The standard InChI is InChI=1S/C43H27N3/c1-2-10-28(11-3-1)31-19-20-33-26-36(23-21-32(33)24-31)42-44-41(35-22-18-29-12-4-5-13-30(29)25-35)45-43(46-42)40-27-34-14-6-7-15-37(34)38-16-8-9-17-39(38)40/h1-27H. The van der Waals surface area contributed by atoms with Crippen LogP contribution in [0, 0.1) is 0 Å². The average molecular weight is 586 g/mol. The Hall–Kier alpha value is -6.19. The van der Waals surface area contributed by atoms with Crippen LogP contribution < -0.4 is 0 Å². The third kappa shape index (κ3) is 4.58. The van der Waals surface area contributed by atoms with Crippen molar-refractivity contribution < 1.29 is 0 Å². The normalized spacial score (nSPS) is 11.5. The molecule has 0 saturated carbocycles. The first kappa shape index (κ1) is 26.2. The fourth-order valence-corrected chi connectivity index (χ4v) is 6.52. The van der Waals surface area contributed by atoms with E-state index in [0.717, 1.165) is 38.2 Å². The first-order valence-corrected chi connectivity index (χ1v) is 15.5. The Labute approximate surface area is 266 Å². The second kappa shape index (κ2) is 10.8. The van der Waals surface area contributed by atoms with Gasteiger partial charge in [0, 0.05) is 16.7 Å². The van der Waals surface area contributed by atoms with Gasteiger partial charge in [-0.3, -0.25) is 0 Å². The van der Waals surface area contributed by atoms with Gasteiger partial charge in [-0.25, -0.2) is 15.0 Å². The molecule has 46 heavy (non-hydrogen) atoms. The van der Waals surface area contributed by atoms with Gasteiger partial charge < -0.3 is 0 Å². The summed E-state index contributed by atoms with van der Waals surface area (Å²) in [5, 5.41) is 9.34. The highest BCUT2D eigenvalue weighted by molar-refractivity contribution is 6.13. The molecule has 0 aliphatic rings. The molecule has 0 unspecified atom stereocenters. The summed E-state index contributed by atoms with van der Waals surface area (Å²) in [5.41, 5.74) is 5.31. The van der Waals surface area contributed by atoms with Crippen molar-refractivity contribution in [3.05, 3.63) is 164 Å². The summed E-state index contributed by atoms with van der Waals surface area (Å²) in [7, 11) is 0. The van der Waals surface area contributed by atoms with Crippen LogP contribution >= 0.6 is 0 Å². The summed E-state index contributed by atoms with van der Waals surface area (Å²) in [6, 6.07) is 57.6. The zero-order valence-corrected chi connectivity index (χ0v) is 24.9. The van der Waals surface area contributed by atoms with Crippen LogP contribution in [0.1, 0.15) is 0 Å². The summed E-state index contributed by atoms with van der Waals surface area (Å²) in [5.74, 6) is 1.97. The lowest BCUT2D eigenvalue weighted by molar-refractivity contribution is 1.08. The van der Waals surface area contributed by atoms with Crippen LogP contribution in [0.5, 0.6) is 0 Å². The quantitative estimate of drug-likeness (QED) is 0.193. The van der Waals surface area contributed by atoms with Crippen molar-refractivity contribution in [1.82, 2.24) is 15.0 Å². The van der Waals surface area contributed by atoms with E-state index in [9.17, 15) is 0 Å². The molecule has 9 aromatic rings. The Morgan fingerprint density at radius 1 is 0.261 bits per heavy atom. The van der Waals surface area contributed by atoms with Gasteiger partial charge in [-0.2, -0.15) is 0 Å². The summed E-state index contributed by atoms with van der Waals surface area (Å²) >= 11 is 0. The Balaban J connectivity index is 1.26. The van der Waals surface area contributed by atoms with Crippen molar-refractivity contribution in [3.63, 3.8) is 0 Å². The Morgan fingerprint density at radius 2 is 0.739 bits per heavy atom. The van der Waals surface area contributed by atoms with Gasteiger partial charge in [0.1, 0.15) is 0 Å². The molecule has 0 radical (unpaired) electrons. The topological polar surface area (TPSA) is 38.7 Å². The molecule has 0 aliphatic heterocycles. The molecular weight excluding hydrogens is 558 g/mol. The average Bonchev–Trinajstić information content (AvgIpc) is 3.14. The summed E-state index contributed by atoms with van der Waals surface area (Å²) in [6.45, 7) is 0. The molecule has 0 bridgehead atoms. The van der Waals surface area contributed by atoms with E-state index in [4.69, 9.17) is 15.0 Å². The highest BCUT2D eigenvalue weighted by Crippen LogP contribution is 2.36. The molecule has 9 rings (SSSR count). The van der Waals surface area contributed by atoms with Crippen molar-refractivity contribution in [3.8, 4) is 45.3 Å². The summed E-state index contributed by atoms with van der Waals surface area (Å²) in [6.07, 6.45) is 0. The third-order valence-corrected chi connectivity index (χ3v) is 8.86. The predicted molar refractivity (Wildman–Crippen MR) is 192 cm³/mol. The van der Waals surface area contributed by atoms with Crippen LogP contribution in [0.15, 0.2) is 164 Å². The van der Waals surface area contributed by atoms with Crippen LogP contribution in [0.2, 0.25) is 0 Å². The smallest absolute Gasteiger partial charge is 0.164 e. The monoisotopic (exact) mass is 585 g/mol. The molecule has 214 valence electrons. The number of benzene rings is 8. The fraction of sp³-hybridized carbons (Fsp3) is 0. The molecule has 0 fully saturated rings. The van der Waals surface area contributed by atoms with Crippen LogP contribution in [-0.2, 0) is 0 Å². The van der Waals surface area contributed by atoms with Crippen molar-refractivity contribution in [2.24, 2.45) is 0 Å². The zero-order chi connectivity index (χ0) is 30.5. The first-order chi connectivity index (χ1) is 22.8. The van der Waals surface area contributed by atoms with Gasteiger partial charge in [0.2, 0.25) is 0 Å². The highest BCUT2D eigenvalue weighted by atomic mass is 15.0. The lowest BCUT2D eigenvalue weighted by Gasteiger charge is -2.13. The van der Waals surface area contributed by atoms with Crippen LogP contribution in [-0.4, -0.2) is 15.0 Å². The first-order valence-electron chi connectivity index (χ1n) is 15.5. The molecule has 3 nitrogen and oxygen atoms in total. The lowest BCUT2D eigenvalue weighted by Crippen LogP contribution is -2.01. The minimum Gasteiger partial charge on any atom is -0.208 e. The number of hydrogen-bond acceptors (Lipinski definition) is 3. The minimum atomic E-state index is 0.652. The van der Waals surface area contributed by atoms with Gasteiger partial charge in [0.15, 0.2) is 17.5 Å². The maximum absolute atomic E-state index is 5.17. The molecule has 8 aromatic carbocycles. The van der Waals surface area contributed by atoms with Crippen LogP contribution in [0.25, 0.3) is 88.4 Å². The Bertz CT molecular complexity index is 2590. The van der Waals surface area contributed by atoms with E-state index < -0.39 is 0 Å². The van der Waals surface area contributed by atoms with Crippen molar-refractivity contribution in [2.75, 3.05) is 0 Å². The van der Waals surface area contributed by atoms with E-state index in [1.807, 2.05) is 6.07 Å². The number of aromatic nitrogens is 3. The largest absolute Gasteiger partial charge is 0.208 e. The summed E-state index contributed by atoms with van der Waals surface area (Å²) in [4.78, 5) is 15.4. The highest BCUT2D eigenvalue weighted by Gasteiger charge is 2.16. The van der Waals surface area contributed by atoms with Gasteiger partial charge in [0.25, 0.3) is 0 Å². The van der Waals surface area contributed by atoms with Crippen molar-refractivity contribution in [1.29, 1.82) is 0 Å². The van der Waals surface area contributed by atoms with E-state index in [-0.39, 0.29) is 0 Å². The maximum atomic E-state index is 5.17. The second-order valence-corrected chi connectivity index (χ2v) is 11.7. The van der Waals surface area contributed by atoms with E-state index in [1.165, 1.54) is 32.7 Å². The van der Waals surface area contributed by atoms with Crippen molar-refractivity contribution in [2.45, 2.75) is 0 Å². The molecule has 1 aromatic heterocycles. The minimum absolute atomic E-state index is 0.652. The Morgan fingerprint density at radius 3 is 1.46 bits per heavy atom. The van der Waals surface area contributed by atoms with Gasteiger partial charge >= 0.3 is 0 Å². The van der Waals surface area contributed by atoms with E-state index in [1.54, 1.807) is 0 Å². The molecule has 0 atom stereocenters. The number of rotatable bonds is 4. The van der Waals surface area contributed by atoms with Crippen LogP contribution in [0.4, 0.5) is 0 Å². The van der Waals surface area contributed by atoms with Gasteiger partial charge in [-0.15, -0.1) is 0 Å². The summed E-state index contributed by atoms with van der Waals surface area (Å²) < 4.78 is 0. The predicted octanol–water partition coefficient (Wildman–Crippen LogP) is 11.2. The molecule has 1 heterocycles.